The highest BCUT2D eigenvalue weighted by atomic mass is 16.2. The van der Waals surface area contributed by atoms with Gasteiger partial charge in [0.1, 0.15) is 11.4 Å². The molecule has 0 aromatic carbocycles. The summed E-state index contributed by atoms with van der Waals surface area (Å²) in [6.07, 6.45) is 7.36. The minimum atomic E-state index is -0.261. The van der Waals surface area contributed by atoms with Crippen molar-refractivity contribution in [2.45, 2.75) is 19.3 Å². The molecule has 6 rings (SSSR count). The van der Waals surface area contributed by atoms with Crippen molar-refractivity contribution in [3.05, 3.63) is 85.1 Å². The molecule has 0 saturated heterocycles. The van der Waals surface area contributed by atoms with Gasteiger partial charge in [-0.1, -0.05) is 12.1 Å². The second-order valence-corrected chi connectivity index (χ2v) is 9.52. The van der Waals surface area contributed by atoms with Gasteiger partial charge >= 0.3 is 0 Å². The zero-order valence-corrected chi connectivity index (χ0v) is 23.7. The number of aromatic nitrogens is 11. The third kappa shape index (κ3) is 7.69. The van der Waals surface area contributed by atoms with E-state index >= 15 is 0 Å². The quantitative estimate of drug-likeness (QED) is 0.137. The highest BCUT2D eigenvalue weighted by Crippen LogP contribution is 2.21. The molecule has 16 heteroatoms. The maximum Gasteiger partial charge on any atom is 0.249 e. The number of pyridine rings is 3. The van der Waals surface area contributed by atoms with Gasteiger partial charge in [0, 0.05) is 55.4 Å². The molecule has 224 valence electrons. The molecule has 5 N–H and O–H groups in total. The molecular weight excluding hydrogens is 576 g/mol. The van der Waals surface area contributed by atoms with Crippen LogP contribution in [0.2, 0.25) is 0 Å². The molecule has 45 heavy (non-hydrogen) atoms. The molecule has 0 atom stereocenters. The van der Waals surface area contributed by atoms with E-state index in [1.807, 2.05) is 30.3 Å². The molecule has 0 aliphatic heterocycles. The highest BCUT2D eigenvalue weighted by Gasteiger charge is 2.13. The Bertz CT molecular complexity index is 1870. The maximum atomic E-state index is 12.5. The van der Waals surface area contributed by atoms with Gasteiger partial charge in [0.15, 0.2) is 11.6 Å². The van der Waals surface area contributed by atoms with Gasteiger partial charge in [0.2, 0.25) is 29.7 Å². The zero-order chi connectivity index (χ0) is 30.8. The number of anilines is 3. The van der Waals surface area contributed by atoms with E-state index < -0.39 is 0 Å². The number of aromatic amines is 2. The molecule has 2 amide bonds. The van der Waals surface area contributed by atoms with Crippen LogP contribution in [0.4, 0.5) is 17.8 Å². The van der Waals surface area contributed by atoms with E-state index in [4.69, 9.17) is 0 Å². The fourth-order valence-electron chi connectivity index (χ4n) is 4.13. The number of carbonyl (C=O) groups excluding carboxylic acids is 2. The summed E-state index contributed by atoms with van der Waals surface area (Å²) in [5, 5.41) is 22.0. The molecule has 6 aromatic rings. The predicted octanol–water partition coefficient (Wildman–Crippen LogP) is 2.91. The van der Waals surface area contributed by atoms with Crippen LogP contribution in [0.1, 0.15) is 18.5 Å². The number of aryl methyl sites for hydroxylation is 1. The van der Waals surface area contributed by atoms with Crippen LogP contribution in [0.3, 0.4) is 0 Å². The molecule has 0 aliphatic carbocycles. The first-order valence-electron chi connectivity index (χ1n) is 13.9. The lowest BCUT2D eigenvalue weighted by atomic mass is 10.1. The van der Waals surface area contributed by atoms with Crippen LogP contribution < -0.4 is 16.0 Å². The fourth-order valence-corrected chi connectivity index (χ4v) is 4.13. The Labute approximate surface area is 255 Å². The second-order valence-electron chi connectivity index (χ2n) is 9.52. The van der Waals surface area contributed by atoms with Crippen molar-refractivity contribution < 1.29 is 9.59 Å². The smallest absolute Gasteiger partial charge is 0.249 e. The van der Waals surface area contributed by atoms with Crippen LogP contribution in [-0.2, 0) is 16.0 Å². The van der Waals surface area contributed by atoms with Crippen LogP contribution in [0.15, 0.2) is 79.4 Å². The molecule has 0 bridgehead atoms. The first kappa shape index (κ1) is 28.7. The molecule has 0 unspecified atom stereocenters. The van der Waals surface area contributed by atoms with E-state index in [0.29, 0.717) is 47.6 Å². The van der Waals surface area contributed by atoms with Gasteiger partial charge in [-0.05, 0) is 48.9 Å². The Morgan fingerprint density at radius 3 is 2.00 bits per heavy atom. The summed E-state index contributed by atoms with van der Waals surface area (Å²) >= 11 is 0. The summed E-state index contributed by atoms with van der Waals surface area (Å²) in [7, 11) is 0. The molecule has 0 radical (unpaired) electrons. The molecule has 0 spiro atoms. The van der Waals surface area contributed by atoms with Crippen molar-refractivity contribution in [3.8, 4) is 34.3 Å². The number of nitrogens with zero attached hydrogens (tertiary/aromatic N) is 9. The molecule has 16 nitrogen and oxygen atoms in total. The van der Waals surface area contributed by atoms with Gasteiger partial charge in [-0.2, -0.15) is 9.97 Å². The van der Waals surface area contributed by atoms with Gasteiger partial charge in [-0.15, -0.1) is 10.2 Å². The Morgan fingerprint density at radius 1 is 0.622 bits per heavy atom. The van der Waals surface area contributed by atoms with Gasteiger partial charge in [0.25, 0.3) is 0 Å². The number of nitrogens with one attached hydrogen (secondary N) is 5. The standard InChI is InChI=1S/C29H26N14O2/c44-23(36-28-38-25(40-42-28)21-6-1-2-13-30-21)11-9-19-5-3-7-20(35-19)18-8-10-22(34-17-18)26-39-29(43-41-26)37-24(45)12-16-33-27-31-14-4-15-32-27/h1-8,10,13-15,17H,9,11-12,16H2,(H,31,32,33)(H2,36,38,40,42,44)(H2,37,39,41,43,45). The Balaban J connectivity index is 0.994. The van der Waals surface area contributed by atoms with E-state index in [2.05, 4.69) is 71.2 Å². The highest BCUT2D eigenvalue weighted by molar-refractivity contribution is 5.89. The summed E-state index contributed by atoms with van der Waals surface area (Å²) in [5.41, 5.74) is 3.42. The summed E-state index contributed by atoms with van der Waals surface area (Å²) in [6, 6.07) is 16.4. The average molecular weight is 603 g/mol. The molecule has 0 aliphatic rings. The number of carbonyl (C=O) groups is 2. The third-order valence-corrected chi connectivity index (χ3v) is 6.30. The minimum absolute atomic E-state index is 0.145. The van der Waals surface area contributed by atoms with E-state index in [1.54, 1.807) is 49.1 Å². The maximum absolute atomic E-state index is 12.5. The van der Waals surface area contributed by atoms with Gasteiger partial charge < -0.3 is 5.32 Å². The van der Waals surface area contributed by atoms with Crippen molar-refractivity contribution in [2.75, 3.05) is 22.5 Å². The average Bonchev–Trinajstić information content (AvgIpc) is 3.75. The number of amides is 2. The zero-order valence-electron chi connectivity index (χ0n) is 23.7. The Kier molecular flexibility index (Phi) is 8.71. The fraction of sp³-hybridized carbons (Fsp3) is 0.138. The first-order chi connectivity index (χ1) is 22.1. The summed E-state index contributed by atoms with van der Waals surface area (Å²) < 4.78 is 0. The second kappa shape index (κ2) is 13.7. The van der Waals surface area contributed by atoms with Gasteiger partial charge in [0.05, 0.1) is 5.69 Å². The van der Waals surface area contributed by atoms with Gasteiger partial charge in [-0.25, -0.2) is 9.97 Å². The number of H-pyrrole nitrogens is 2. The van der Waals surface area contributed by atoms with E-state index in [0.717, 1.165) is 11.3 Å². The SMILES string of the molecule is O=C(CCNc1ncccn1)Nc1n[nH]c(-c2ccc(-c3cccc(CCC(=O)Nc4n[nH]c(-c5ccccn5)n4)n3)cn2)n1. The molecule has 6 aromatic heterocycles. The summed E-state index contributed by atoms with van der Waals surface area (Å²) in [4.78, 5) is 54.8. The van der Waals surface area contributed by atoms with Crippen molar-refractivity contribution in [1.29, 1.82) is 0 Å². The van der Waals surface area contributed by atoms with E-state index in [-0.39, 0.29) is 36.6 Å². The van der Waals surface area contributed by atoms with E-state index in [1.165, 1.54) is 0 Å². The summed E-state index contributed by atoms with van der Waals surface area (Å²) in [5.74, 6) is 1.15. The van der Waals surface area contributed by atoms with Crippen molar-refractivity contribution in [3.63, 3.8) is 0 Å². The van der Waals surface area contributed by atoms with Crippen LogP contribution in [0, 0.1) is 0 Å². The van der Waals surface area contributed by atoms with Crippen molar-refractivity contribution >= 4 is 29.7 Å². The van der Waals surface area contributed by atoms with E-state index in [9.17, 15) is 9.59 Å². The largest absolute Gasteiger partial charge is 0.354 e. The number of rotatable bonds is 12. The molecule has 0 fully saturated rings. The lowest BCUT2D eigenvalue weighted by Crippen LogP contribution is -2.17. The van der Waals surface area contributed by atoms with Crippen molar-refractivity contribution in [2.24, 2.45) is 0 Å². The van der Waals surface area contributed by atoms with Crippen LogP contribution in [0.25, 0.3) is 34.3 Å². The number of hydrogen-bond donors (Lipinski definition) is 5. The lowest BCUT2D eigenvalue weighted by molar-refractivity contribution is -0.116. The lowest BCUT2D eigenvalue weighted by Gasteiger charge is -2.05. The predicted molar refractivity (Wildman–Crippen MR) is 163 cm³/mol. The molecule has 0 saturated carbocycles. The minimum Gasteiger partial charge on any atom is -0.354 e. The topological polar surface area (TPSA) is 218 Å². The normalized spacial score (nSPS) is 10.8. The summed E-state index contributed by atoms with van der Waals surface area (Å²) in [6.45, 7) is 0.356. The third-order valence-electron chi connectivity index (χ3n) is 6.30. The van der Waals surface area contributed by atoms with Crippen LogP contribution in [-0.4, -0.2) is 73.6 Å². The Morgan fingerprint density at radius 2 is 1.31 bits per heavy atom. The van der Waals surface area contributed by atoms with Gasteiger partial charge in [-0.3, -0.25) is 45.4 Å². The van der Waals surface area contributed by atoms with Crippen molar-refractivity contribution in [1.82, 2.24) is 55.3 Å². The molecular formula is C29H26N14O2. The monoisotopic (exact) mass is 602 g/mol. The van der Waals surface area contributed by atoms with Crippen LogP contribution >= 0.6 is 0 Å². The Hall–Kier alpha value is -6.45. The first-order valence-corrected chi connectivity index (χ1v) is 13.9. The number of hydrogen-bond acceptors (Lipinski definition) is 12. The van der Waals surface area contributed by atoms with Crippen LogP contribution in [0.5, 0.6) is 0 Å². The molecule has 6 heterocycles.